The molecule has 2 aromatic rings. The van der Waals surface area contributed by atoms with E-state index >= 15 is 0 Å². The topological polar surface area (TPSA) is 75.5 Å². The van der Waals surface area contributed by atoms with Gasteiger partial charge in [0.2, 0.25) is 0 Å². The van der Waals surface area contributed by atoms with Gasteiger partial charge >= 0.3 is 12.3 Å². The SMILES string of the molecule is COC(=O)N1CC[C@H](c2cc(=O)[nH]o2)C[C@H]1c1ccc(C(F)(F)F)c(C)c1. The molecule has 0 unspecified atom stereocenters. The number of alkyl halides is 3. The first-order valence-corrected chi connectivity index (χ1v) is 8.41. The normalized spacial score (nSPS) is 20.6. The highest BCUT2D eigenvalue weighted by Crippen LogP contribution is 2.41. The maximum atomic E-state index is 13.0. The Morgan fingerprint density at radius 2 is 2.07 bits per heavy atom. The minimum Gasteiger partial charge on any atom is -0.453 e. The van der Waals surface area contributed by atoms with Crippen LogP contribution in [-0.2, 0) is 10.9 Å². The number of hydrogen-bond acceptors (Lipinski definition) is 4. The van der Waals surface area contributed by atoms with E-state index in [0.29, 0.717) is 30.7 Å². The van der Waals surface area contributed by atoms with Gasteiger partial charge in [-0.15, -0.1) is 0 Å². The molecule has 2 atom stereocenters. The van der Waals surface area contributed by atoms with Crippen LogP contribution >= 0.6 is 0 Å². The van der Waals surface area contributed by atoms with Crippen LogP contribution in [0.25, 0.3) is 0 Å². The molecule has 0 radical (unpaired) electrons. The number of hydrogen-bond donors (Lipinski definition) is 1. The van der Waals surface area contributed by atoms with Crippen LogP contribution in [0.5, 0.6) is 0 Å². The summed E-state index contributed by atoms with van der Waals surface area (Å²) in [5, 5.41) is 2.24. The van der Waals surface area contributed by atoms with Crippen molar-refractivity contribution >= 4 is 6.09 Å². The fourth-order valence-corrected chi connectivity index (χ4v) is 3.59. The number of aryl methyl sites for hydroxylation is 1. The van der Waals surface area contributed by atoms with Crippen LogP contribution in [0.1, 0.15) is 47.3 Å². The van der Waals surface area contributed by atoms with Gasteiger partial charge in [0.05, 0.1) is 18.7 Å². The summed E-state index contributed by atoms with van der Waals surface area (Å²) >= 11 is 0. The summed E-state index contributed by atoms with van der Waals surface area (Å²) < 4.78 is 49.1. The monoisotopic (exact) mass is 384 g/mol. The molecule has 1 aromatic carbocycles. The summed E-state index contributed by atoms with van der Waals surface area (Å²) in [5.74, 6) is 0.329. The van der Waals surface area contributed by atoms with Crippen LogP contribution < -0.4 is 5.56 Å². The number of aromatic amines is 1. The van der Waals surface area contributed by atoms with Crippen LogP contribution in [0.3, 0.4) is 0 Å². The second kappa shape index (κ2) is 7.13. The predicted octanol–water partition coefficient (Wildman–Crippen LogP) is 3.98. The molecule has 146 valence electrons. The molecule has 1 saturated heterocycles. The van der Waals surface area contributed by atoms with E-state index in [1.807, 2.05) is 0 Å². The van der Waals surface area contributed by atoms with Crippen molar-refractivity contribution in [2.24, 2.45) is 0 Å². The van der Waals surface area contributed by atoms with E-state index in [1.54, 1.807) is 0 Å². The maximum Gasteiger partial charge on any atom is 0.416 e. The average molecular weight is 384 g/mol. The fraction of sp³-hybridized carbons (Fsp3) is 0.444. The second-order valence-corrected chi connectivity index (χ2v) is 6.59. The van der Waals surface area contributed by atoms with E-state index in [-0.39, 0.29) is 17.0 Å². The van der Waals surface area contributed by atoms with Crippen molar-refractivity contribution in [3.05, 3.63) is 57.1 Å². The van der Waals surface area contributed by atoms with Crippen molar-refractivity contribution in [3.63, 3.8) is 0 Å². The predicted molar refractivity (Wildman–Crippen MR) is 89.3 cm³/mol. The summed E-state index contributed by atoms with van der Waals surface area (Å²) in [6.07, 6.45) is -4.03. The molecule has 1 aromatic heterocycles. The minimum atomic E-state index is -4.44. The molecule has 0 saturated carbocycles. The van der Waals surface area contributed by atoms with Gasteiger partial charge in [-0.25, -0.2) is 4.79 Å². The molecule has 1 aliphatic rings. The van der Waals surface area contributed by atoms with E-state index in [4.69, 9.17) is 9.26 Å². The molecule has 1 fully saturated rings. The number of carbonyl (C=O) groups is 1. The fourth-order valence-electron chi connectivity index (χ4n) is 3.59. The first kappa shape index (κ1) is 19.1. The van der Waals surface area contributed by atoms with E-state index in [9.17, 15) is 22.8 Å². The molecule has 0 spiro atoms. The third kappa shape index (κ3) is 3.86. The van der Waals surface area contributed by atoms with Gasteiger partial charge in [0.15, 0.2) is 0 Å². The van der Waals surface area contributed by atoms with Crippen LogP contribution in [-0.4, -0.2) is 29.8 Å². The molecule has 9 heteroatoms. The molecule has 27 heavy (non-hydrogen) atoms. The van der Waals surface area contributed by atoms with Gasteiger partial charge < -0.3 is 14.2 Å². The Labute approximate surface area is 152 Å². The first-order valence-electron chi connectivity index (χ1n) is 8.41. The van der Waals surface area contributed by atoms with Gasteiger partial charge in [0.1, 0.15) is 5.76 Å². The minimum absolute atomic E-state index is 0.0834. The third-order valence-corrected chi connectivity index (χ3v) is 4.90. The quantitative estimate of drug-likeness (QED) is 0.850. The van der Waals surface area contributed by atoms with Crippen molar-refractivity contribution in [1.29, 1.82) is 0 Å². The number of piperidine rings is 1. The largest absolute Gasteiger partial charge is 0.453 e. The number of nitrogens with zero attached hydrogens (tertiary/aromatic N) is 1. The Balaban J connectivity index is 1.95. The summed E-state index contributed by atoms with van der Waals surface area (Å²) in [5.41, 5.74) is -0.407. The van der Waals surface area contributed by atoms with Gasteiger partial charge in [0, 0.05) is 18.5 Å². The van der Waals surface area contributed by atoms with E-state index < -0.39 is 23.9 Å². The smallest absolute Gasteiger partial charge is 0.416 e. The Hall–Kier alpha value is -2.71. The molecule has 1 amide bonds. The number of aromatic nitrogens is 1. The number of H-pyrrole nitrogens is 1. The summed E-state index contributed by atoms with van der Waals surface area (Å²) in [6, 6.07) is 4.72. The molecule has 2 heterocycles. The number of likely N-dealkylation sites (tertiary alicyclic amines) is 1. The Bertz CT molecular complexity index is 887. The van der Waals surface area contributed by atoms with Crippen LogP contribution in [0.15, 0.2) is 33.6 Å². The van der Waals surface area contributed by atoms with Crippen molar-refractivity contribution in [3.8, 4) is 0 Å². The molecule has 0 aliphatic carbocycles. The zero-order chi connectivity index (χ0) is 19.8. The number of amides is 1. The maximum absolute atomic E-state index is 13.0. The summed E-state index contributed by atoms with van der Waals surface area (Å²) in [7, 11) is 1.26. The molecule has 3 rings (SSSR count). The number of carbonyl (C=O) groups excluding carboxylic acids is 1. The molecule has 1 aliphatic heterocycles. The third-order valence-electron chi connectivity index (χ3n) is 4.90. The number of ether oxygens (including phenoxy) is 1. The molecular formula is C18H19F3N2O4. The molecule has 6 nitrogen and oxygen atoms in total. The van der Waals surface area contributed by atoms with Gasteiger partial charge in [-0.1, -0.05) is 12.1 Å². The Kier molecular flexibility index (Phi) is 5.03. The van der Waals surface area contributed by atoms with Crippen molar-refractivity contribution in [1.82, 2.24) is 10.1 Å². The Morgan fingerprint density at radius 1 is 1.33 bits per heavy atom. The highest BCUT2D eigenvalue weighted by Gasteiger charge is 2.37. The lowest BCUT2D eigenvalue weighted by molar-refractivity contribution is -0.138. The standard InChI is InChI=1S/C18H19F3N2O4/c1-10-7-11(3-4-13(10)18(19,20)21)14-8-12(15-9-16(24)22-27-15)5-6-23(14)17(25)26-2/h3-4,7,9,12,14H,5-6,8H2,1-2H3,(H,22,24)/t12-,14-/m0/s1. The highest BCUT2D eigenvalue weighted by molar-refractivity contribution is 5.68. The number of methoxy groups -OCH3 is 1. The zero-order valence-electron chi connectivity index (χ0n) is 14.8. The molecular weight excluding hydrogens is 365 g/mol. The van der Waals surface area contributed by atoms with E-state index in [2.05, 4.69) is 5.16 Å². The van der Waals surface area contributed by atoms with E-state index in [1.165, 1.54) is 37.1 Å². The molecule has 1 N–H and O–H groups in total. The lowest BCUT2D eigenvalue weighted by Crippen LogP contribution is -2.40. The molecule has 0 bridgehead atoms. The number of halogens is 3. The van der Waals surface area contributed by atoms with Gasteiger partial charge in [-0.2, -0.15) is 18.3 Å². The van der Waals surface area contributed by atoms with E-state index in [0.717, 1.165) is 6.07 Å². The van der Waals surface area contributed by atoms with Gasteiger partial charge in [-0.3, -0.25) is 4.79 Å². The van der Waals surface area contributed by atoms with Crippen molar-refractivity contribution in [2.45, 2.75) is 37.9 Å². The Morgan fingerprint density at radius 3 is 2.63 bits per heavy atom. The zero-order valence-corrected chi connectivity index (χ0v) is 14.8. The van der Waals surface area contributed by atoms with Crippen molar-refractivity contribution in [2.75, 3.05) is 13.7 Å². The first-order chi connectivity index (χ1) is 12.7. The van der Waals surface area contributed by atoms with Gasteiger partial charge in [-0.05, 0) is 37.0 Å². The van der Waals surface area contributed by atoms with Crippen LogP contribution in [0, 0.1) is 6.92 Å². The second-order valence-electron chi connectivity index (χ2n) is 6.59. The lowest BCUT2D eigenvalue weighted by atomic mass is 9.85. The van der Waals surface area contributed by atoms with Gasteiger partial charge in [0.25, 0.3) is 5.56 Å². The average Bonchev–Trinajstić information content (AvgIpc) is 3.05. The van der Waals surface area contributed by atoms with Crippen LogP contribution in [0.2, 0.25) is 0 Å². The number of benzene rings is 1. The number of rotatable bonds is 2. The summed E-state index contributed by atoms with van der Waals surface area (Å²) in [6.45, 7) is 1.72. The van der Waals surface area contributed by atoms with Crippen LogP contribution in [0.4, 0.5) is 18.0 Å². The lowest BCUT2D eigenvalue weighted by Gasteiger charge is -2.38. The van der Waals surface area contributed by atoms with Crippen molar-refractivity contribution < 1.29 is 27.2 Å². The summed E-state index contributed by atoms with van der Waals surface area (Å²) in [4.78, 5) is 25.0. The highest BCUT2D eigenvalue weighted by atomic mass is 19.4. The number of nitrogens with one attached hydrogen (secondary N) is 1.